The Hall–Kier alpha value is -2.62. The molecule has 0 amide bonds. The summed E-state index contributed by atoms with van der Waals surface area (Å²) in [6.45, 7) is 6.01. The maximum absolute atomic E-state index is 12.9. The zero-order valence-electron chi connectivity index (χ0n) is 14.9. The predicted octanol–water partition coefficient (Wildman–Crippen LogP) is 4.27. The zero-order chi connectivity index (χ0) is 18.0. The van der Waals surface area contributed by atoms with Gasteiger partial charge in [0.2, 0.25) is 0 Å². The number of benzene rings is 1. The molecule has 25 heavy (non-hydrogen) atoms. The van der Waals surface area contributed by atoms with Crippen LogP contribution in [-0.4, -0.2) is 23.3 Å². The molecule has 4 heteroatoms. The number of rotatable bonds is 4. The fourth-order valence-corrected chi connectivity index (χ4v) is 3.28. The van der Waals surface area contributed by atoms with Crippen LogP contribution in [0.1, 0.15) is 63.5 Å². The fourth-order valence-electron chi connectivity index (χ4n) is 3.28. The van der Waals surface area contributed by atoms with E-state index in [1.165, 1.54) is 5.56 Å². The SMILES string of the molecule is CCOC(=O)c1[nH]c2c(c1C)C(=O)/C(=C\c1ccc(CC)cc1)CC2. The third-order valence-electron chi connectivity index (χ3n) is 4.70. The molecule has 0 spiro atoms. The van der Waals surface area contributed by atoms with Crippen LogP contribution in [0, 0.1) is 6.92 Å². The molecule has 0 saturated carbocycles. The number of fused-ring (bicyclic) bond motifs is 1. The van der Waals surface area contributed by atoms with Gasteiger partial charge in [0.25, 0.3) is 0 Å². The van der Waals surface area contributed by atoms with Crippen LogP contribution in [0.4, 0.5) is 0 Å². The summed E-state index contributed by atoms with van der Waals surface area (Å²) in [7, 11) is 0. The van der Waals surface area contributed by atoms with Gasteiger partial charge in [-0.2, -0.15) is 0 Å². The van der Waals surface area contributed by atoms with Gasteiger partial charge in [0.15, 0.2) is 5.78 Å². The largest absolute Gasteiger partial charge is 0.461 e. The number of allylic oxidation sites excluding steroid dienone is 1. The highest BCUT2D eigenvalue weighted by molar-refractivity contribution is 6.15. The molecule has 0 radical (unpaired) electrons. The molecule has 1 N–H and O–H groups in total. The van der Waals surface area contributed by atoms with Gasteiger partial charge in [-0.3, -0.25) is 4.79 Å². The summed E-state index contributed by atoms with van der Waals surface area (Å²) < 4.78 is 5.07. The fraction of sp³-hybridized carbons (Fsp3) is 0.333. The van der Waals surface area contributed by atoms with Crippen LogP contribution in [-0.2, 0) is 17.6 Å². The first kappa shape index (κ1) is 17.2. The van der Waals surface area contributed by atoms with Gasteiger partial charge < -0.3 is 9.72 Å². The number of aromatic amines is 1. The molecule has 1 heterocycles. The number of aromatic nitrogens is 1. The van der Waals surface area contributed by atoms with Crippen molar-refractivity contribution < 1.29 is 14.3 Å². The van der Waals surface area contributed by atoms with Gasteiger partial charge in [0, 0.05) is 16.8 Å². The van der Waals surface area contributed by atoms with Crippen LogP contribution in [0.25, 0.3) is 6.08 Å². The minimum absolute atomic E-state index is 0.00474. The van der Waals surface area contributed by atoms with E-state index >= 15 is 0 Å². The van der Waals surface area contributed by atoms with E-state index < -0.39 is 5.97 Å². The number of ketones is 1. The Morgan fingerprint density at radius 1 is 1.20 bits per heavy atom. The topological polar surface area (TPSA) is 59.2 Å². The van der Waals surface area contributed by atoms with E-state index in [0.29, 0.717) is 29.8 Å². The Morgan fingerprint density at radius 2 is 1.92 bits per heavy atom. The number of H-pyrrole nitrogens is 1. The lowest BCUT2D eigenvalue weighted by Gasteiger charge is -2.14. The summed E-state index contributed by atoms with van der Waals surface area (Å²) in [4.78, 5) is 28.1. The normalized spacial score (nSPS) is 15.3. The number of esters is 1. The van der Waals surface area contributed by atoms with Crippen molar-refractivity contribution in [2.45, 2.75) is 40.0 Å². The Kier molecular flexibility index (Phi) is 4.88. The van der Waals surface area contributed by atoms with E-state index in [4.69, 9.17) is 4.74 Å². The predicted molar refractivity (Wildman–Crippen MR) is 97.9 cm³/mol. The summed E-state index contributed by atoms with van der Waals surface area (Å²) in [5.74, 6) is -0.395. The molecule has 0 atom stereocenters. The molecule has 0 aliphatic heterocycles. The molecule has 1 aromatic carbocycles. The molecule has 0 unspecified atom stereocenters. The van der Waals surface area contributed by atoms with Crippen molar-refractivity contribution in [1.29, 1.82) is 0 Å². The summed E-state index contributed by atoms with van der Waals surface area (Å²) in [6.07, 6.45) is 4.35. The quantitative estimate of drug-likeness (QED) is 0.669. The first-order valence-corrected chi connectivity index (χ1v) is 8.77. The number of ether oxygens (including phenoxy) is 1. The van der Waals surface area contributed by atoms with Crippen molar-refractivity contribution in [2.24, 2.45) is 0 Å². The third kappa shape index (κ3) is 3.29. The van der Waals surface area contributed by atoms with Crippen molar-refractivity contribution in [1.82, 2.24) is 4.98 Å². The molecule has 2 aromatic rings. The molecule has 1 aromatic heterocycles. The molecule has 0 bridgehead atoms. The highest BCUT2D eigenvalue weighted by atomic mass is 16.5. The highest BCUT2D eigenvalue weighted by Crippen LogP contribution is 2.30. The van der Waals surface area contributed by atoms with Crippen molar-refractivity contribution in [2.75, 3.05) is 6.61 Å². The Morgan fingerprint density at radius 3 is 2.56 bits per heavy atom. The second-order valence-corrected chi connectivity index (χ2v) is 6.29. The summed E-state index contributed by atoms with van der Waals surface area (Å²) in [5, 5.41) is 0. The Labute approximate surface area is 147 Å². The number of hydrogen-bond acceptors (Lipinski definition) is 3. The Balaban J connectivity index is 1.92. The van der Waals surface area contributed by atoms with Crippen molar-refractivity contribution in [3.8, 4) is 0 Å². The van der Waals surface area contributed by atoms with Gasteiger partial charge in [-0.05, 0) is 55.9 Å². The highest BCUT2D eigenvalue weighted by Gasteiger charge is 2.29. The molecule has 4 nitrogen and oxygen atoms in total. The number of carbonyl (C=O) groups excluding carboxylic acids is 2. The van der Waals surface area contributed by atoms with Gasteiger partial charge in [0.1, 0.15) is 5.69 Å². The van der Waals surface area contributed by atoms with E-state index in [-0.39, 0.29) is 5.78 Å². The number of Topliss-reactive ketones (excluding diaryl/α,β-unsaturated/α-hetero) is 1. The molecule has 1 aliphatic carbocycles. The van der Waals surface area contributed by atoms with Gasteiger partial charge in [-0.25, -0.2) is 4.79 Å². The van der Waals surface area contributed by atoms with E-state index in [1.807, 2.05) is 18.2 Å². The van der Waals surface area contributed by atoms with Gasteiger partial charge in [-0.1, -0.05) is 31.2 Å². The molecule has 3 rings (SSSR count). The van der Waals surface area contributed by atoms with Crippen LogP contribution < -0.4 is 0 Å². The minimum Gasteiger partial charge on any atom is -0.461 e. The first-order chi connectivity index (χ1) is 12.0. The number of carbonyl (C=O) groups is 2. The van der Waals surface area contributed by atoms with E-state index in [0.717, 1.165) is 29.7 Å². The van der Waals surface area contributed by atoms with E-state index in [2.05, 4.69) is 24.0 Å². The van der Waals surface area contributed by atoms with Gasteiger partial charge in [0.05, 0.1) is 6.61 Å². The van der Waals surface area contributed by atoms with E-state index in [9.17, 15) is 9.59 Å². The first-order valence-electron chi connectivity index (χ1n) is 8.77. The number of hydrogen-bond donors (Lipinski definition) is 1. The van der Waals surface area contributed by atoms with Crippen LogP contribution in [0.3, 0.4) is 0 Å². The van der Waals surface area contributed by atoms with Crippen molar-refractivity contribution >= 4 is 17.8 Å². The lowest BCUT2D eigenvalue weighted by atomic mass is 9.88. The second-order valence-electron chi connectivity index (χ2n) is 6.29. The number of aryl methyl sites for hydroxylation is 2. The second kappa shape index (κ2) is 7.09. The van der Waals surface area contributed by atoms with Crippen LogP contribution >= 0.6 is 0 Å². The van der Waals surface area contributed by atoms with E-state index in [1.54, 1.807) is 13.8 Å². The zero-order valence-corrected chi connectivity index (χ0v) is 14.9. The lowest BCUT2D eigenvalue weighted by Crippen LogP contribution is -2.14. The van der Waals surface area contributed by atoms with Crippen LogP contribution in [0.2, 0.25) is 0 Å². The van der Waals surface area contributed by atoms with Gasteiger partial charge >= 0.3 is 5.97 Å². The van der Waals surface area contributed by atoms with Crippen LogP contribution in [0.15, 0.2) is 29.8 Å². The maximum Gasteiger partial charge on any atom is 0.355 e. The smallest absolute Gasteiger partial charge is 0.355 e. The third-order valence-corrected chi connectivity index (χ3v) is 4.70. The Bertz CT molecular complexity index is 841. The summed E-state index contributed by atoms with van der Waals surface area (Å²) in [5.41, 5.74) is 5.64. The molecular weight excluding hydrogens is 314 g/mol. The molecule has 0 fully saturated rings. The summed E-state index contributed by atoms with van der Waals surface area (Å²) >= 11 is 0. The maximum atomic E-state index is 12.9. The average molecular weight is 337 g/mol. The molecule has 130 valence electrons. The monoisotopic (exact) mass is 337 g/mol. The minimum atomic E-state index is -0.400. The molecule has 1 aliphatic rings. The van der Waals surface area contributed by atoms with Crippen LogP contribution in [0.5, 0.6) is 0 Å². The average Bonchev–Trinajstić information content (AvgIpc) is 2.96. The van der Waals surface area contributed by atoms with Crippen molar-refractivity contribution in [3.05, 3.63) is 63.5 Å². The standard InChI is InChI=1S/C21H23NO3/c1-4-14-6-8-15(9-7-14)12-16-10-11-17-18(20(16)23)13(3)19(22-17)21(24)25-5-2/h6-9,12,22H,4-5,10-11H2,1-3H3/b16-12-. The van der Waals surface area contributed by atoms with Crippen molar-refractivity contribution in [3.63, 3.8) is 0 Å². The lowest BCUT2D eigenvalue weighted by molar-refractivity contribution is 0.0519. The van der Waals surface area contributed by atoms with Gasteiger partial charge in [-0.15, -0.1) is 0 Å². The molecule has 0 saturated heterocycles. The number of nitrogens with one attached hydrogen (secondary N) is 1. The summed E-state index contributed by atoms with van der Waals surface area (Å²) in [6, 6.07) is 8.27. The molecular formula is C21H23NO3.